The predicted molar refractivity (Wildman–Crippen MR) is 131 cm³/mol. The number of hydrogen-bond donors (Lipinski definition) is 8. The van der Waals surface area contributed by atoms with E-state index < -0.39 is 72.8 Å². The van der Waals surface area contributed by atoms with Crippen LogP contribution in [-0.4, -0.2) is 80.4 Å². The number of aliphatic hydroxyl groups excluding tert-OH is 1. The zero-order valence-electron chi connectivity index (χ0n) is 21.0. The molecule has 0 saturated carbocycles. The van der Waals surface area contributed by atoms with Gasteiger partial charge in [-0.15, -0.1) is 0 Å². The minimum absolute atomic E-state index is 0.0389. The molecule has 1 aromatic carbocycles. The first-order chi connectivity index (χ1) is 17.2. The van der Waals surface area contributed by atoms with Crippen LogP contribution in [0, 0.1) is 5.92 Å². The summed E-state index contributed by atoms with van der Waals surface area (Å²) in [5, 5.41) is 44.9. The monoisotopic (exact) mass is 524 g/mol. The Kier molecular flexibility index (Phi) is 12.5. The van der Waals surface area contributed by atoms with Crippen molar-refractivity contribution in [1.29, 1.82) is 0 Å². The molecule has 0 spiro atoms. The second kappa shape index (κ2) is 14.8. The molecule has 13 heteroatoms. The van der Waals surface area contributed by atoms with E-state index >= 15 is 0 Å². The molecule has 0 radical (unpaired) electrons. The Balaban J connectivity index is 3.13. The topological polar surface area (TPSA) is 228 Å². The number of carbonyl (C=O) groups excluding carboxylic acids is 3. The highest BCUT2D eigenvalue weighted by Gasteiger charge is 2.32. The fourth-order valence-corrected chi connectivity index (χ4v) is 3.42. The van der Waals surface area contributed by atoms with Crippen molar-refractivity contribution < 1.29 is 44.4 Å². The number of aromatic hydroxyl groups is 1. The first-order valence-corrected chi connectivity index (χ1v) is 11.8. The lowest BCUT2D eigenvalue weighted by Crippen LogP contribution is -2.60. The number of rotatable bonds is 15. The molecule has 9 N–H and O–H groups in total. The number of phenolic OH excluding ortho intramolecular Hbond substituents is 1. The Bertz CT molecular complexity index is 950. The Morgan fingerprint density at radius 2 is 1.43 bits per heavy atom. The second-order valence-electron chi connectivity index (χ2n) is 9.23. The second-order valence-corrected chi connectivity index (χ2v) is 9.23. The number of carboxylic acids is 2. The van der Waals surface area contributed by atoms with Gasteiger partial charge in [0.15, 0.2) is 0 Å². The number of carbonyl (C=O) groups is 5. The van der Waals surface area contributed by atoms with Gasteiger partial charge >= 0.3 is 11.9 Å². The zero-order valence-corrected chi connectivity index (χ0v) is 21.0. The summed E-state index contributed by atoms with van der Waals surface area (Å²) in [7, 11) is 0. The smallest absolute Gasteiger partial charge is 0.326 e. The predicted octanol–water partition coefficient (Wildman–Crippen LogP) is -0.907. The molecule has 1 rings (SSSR count). The van der Waals surface area contributed by atoms with Crippen LogP contribution in [0.4, 0.5) is 0 Å². The van der Waals surface area contributed by atoms with Crippen molar-refractivity contribution in [2.45, 2.75) is 76.7 Å². The standard InChI is InChI=1S/C24H36N4O9/c1-12(2)10-16(25)21(33)28-20(13(3)29)23(35)27-18(11-14-4-6-15(30)7-5-14)22(34)26-17(24(36)37)8-9-19(31)32/h4-7,12-13,16-18,20,29-30H,8-11,25H2,1-3H3,(H,26,34)(H,27,35)(H,28,33)(H,31,32)(H,36,37). The average molecular weight is 525 g/mol. The molecule has 1 aromatic rings. The van der Waals surface area contributed by atoms with Gasteiger partial charge in [0.05, 0.1) is 12.1 Å². The number of aliphatic carboxylic acids is 2. The highest BCUT2D eigenvalue weighted by Crippen LogP contribution is 2.12. The number of amides is 3. The van der Waals surface area contributed by atoms with Gasteiger partial charge in [0, 0.05) is 12.8 Å². The summed E-state index contributed by atoms with van der Waals surface area (Å²) in [5.74, 6) is -5.17. The van der Waals surface area contributed by atoms with Gasteiger partial charge in [-0.1, -0.05) is 26.0 Å². The molecular weight excluding hydrogens is 488 g/mol. The summed E-state index contributed by atoms with van der Waals surface area (Å²) < 4.78 is 0. The van der Waals surface area contributed by atoms with Crippen LogP contribution in [0.2, 0.25) is 0 Å². The number of aliphatic hydroxyl groups is 1. The third kappa shape index (κ3) is 11.3. The molecule has 37 heavy (non-hydrogen) atoms. The summed E-state index contributed by atoms with van der Waals surface area (Å²) >= 11 is 0. The minimum Gasteiger partial charge on any atom is -0.508 e. The van der Waals surface area contributed by atoms with Gasteiger partial charge in [0.2, 0.25) is 17.7 Å². The Labute approximate surface area is 214 Å². The van der Waals surface area contributed by atoms with Crippen LogP contribution in [0.1, 0.15) is 45.6 Å². The first kappa shape index (κ1) is 31.3. The van der Waals surface area contributed by atoms with Crippen molar-refractivity contribution in [3.05, 3.63) is 29.8 Å². The third-order valence-electron chi connectivity index (χ3n) is 5.40. The van der Waals surface area contributed by atoms with Crippen LogP contribution < -0.4 is 21.7 Å². The normalized spacial score (nSPS) is 15.1. The largest absolute Gasteiger partial charge is 0.508 e. The van der Waals surface area contributed by atoms with E-state index in [1.54, 1.807) is 0 Å². The van der Waals surface area contributed by atoms with Gasteiger partial charge in [-0.25, -0.2) is 4.79 Å². The SMILES string of the molecule is CC(C)CC(N)C(=O)NC(C(=O)NC(Cc1ccc(O)cc1)C(=O)NC(CCC(=O)O)C(=O)O)C(C)O. The van der Waals surface area contributed by atoms with E-state index in [-0.39, 0.29) is 18.1 Å². The molecule has 5 unspecified atom stereocenters. The number of carboxylic acid groups (broad SMARTS) is 2. The van der Waals surface area contributed by atoms with Gasteiger partial charge in [-0.3, -0.25) is 19.2 Å². The van der Waals surface area contributed by atoms with E-state index in [0.29, 0.717) is 12.0 Å². The number of nitrogens with two attached hydrogens (primary N) is 1. The number of hydrogen-bond acceptors (Lipinski definition) is 8. The molecular formula is C24H36N4O9. The molecule has 0 aliphatic heterocycles. The lowest BCUT2D eigenvalue weighted by atomic mass is 10.0. The van der Waals surface area contributed by atoms with Crippen LogP contribution >= 0.6 is 0 Å². The Morgan fingerprint density at radius 1 is 0.865 bits per heavy atom. The van der Waals surface area contributed by atoms with Gasteiger partial charge < -0.3 is 42.1 Å². The number of nitrogens with one attached hydrogen (secondary N) is 3. The van der Waals surface area contributed by atoms with Crippen LogP contribution in [0.15, 0.2) is 24.3 Å². The molecule has 5 atom stereocenters. The van der Waals surface area contributed by atoms with E-state index in [4.69, 9.17) is 10.8 Å². The quantitative estimate of drug-likeness (QED) is 0.141. The van der Waals surface area contributed by atoms with Gasteiger partial charge in [-0.05, 0) is 43.4 Å². The molecule has 206 valence electrons. The highest BCUT2D eigenvalue weighted by molar-refractivity contribution is 5.94. The summed E-state index contributed by atoms with van der Waals surface area (Å²) in [4.78, 5) is 60.8. The molecule has 13 nitrogen and oxygen atoms in total. The molecule has 0 heterocycles. The Hall–Kier alpha value is -3.71. The highest BCUT2D eigenvalue weighted by atomic mass is 16.4. The lowest BCUT2D eigenvalue weighted by Gasteiger charge is -2.26. The summed E-state index contributed by atoms with van der Waals surface area (Å²) in [6.07, 6.45) is -2.08. The fraction of sp³-hybridized carbons (Fsp3) is 0.542. The lowest BCUT2D eigenvalue weighted by molar-refractivity contribution is -0.143. The molecule has 0 aliphatic rings. The van der Waals surface area contributed by atoms with Gasteiger partial charge in [0.1, 0.15) is 23.9 Å². The maximum Gasteiger partial charge on any atom is 0.326 e. The van der Waals surface area contributed by atoms with Crippen molar-refractivity contribution in [3.63, 3.8) is 0 Å². The molecule has 0 fully saturated rings. The third-order valence-corrected chi connectivity index (χ3v) is 5.40. The van der Waals surface area contributed by atoms with Crippen molar-refractivity contribution in [3.8, 4) is 5.75 Å². The van der Waals surface area contributed by atoms with Crippen LogP contribution in [0.5, 0.6) is 5.75 Å². The van der Waals surface area contributed by atoms with E-state index in [9.17, 15) is 39.3 Å². The van der Waals surface area contributed by atoms with E-state index in [0.717, 1.165) is 0 Å². The molecule has 0 bridgehead atoms. The zero-order chi connectivity index (χ0) is 28.3. The summed E-state index contributed by atoms with van der Waals surface area (Å²) in [6.45, 7) is 4.98. The van der Waals surface area contributed by atoms with E-state index in [2.05, 4.69) is 16.0 Å². The van der Waals surface area contributed by atoms with E-state index in [1.807, 2.05) is 13.8 Å². The van der Waals surface area contributed by atoms with Crippen LogP contribution in [0.25, 0.3) is 0 Å². The molecule has 0 saturated heterocycles. The minimum atomic E-state index is -1.54. The average Bonchev–Trinajstić information content (AvgIpc) is 2.79. The van der Waals surface area contributed by atoms with Crippen LogP contribution in [0.3, 0.4) is 0 Å². The van der Waals surface area contributed by atoms with Gasteiger partial charge in [-0.2, -0.15) is 0 Å². The van der Waals surface area contributed by atoms with Crippen molar-refractivity contribution >= 4 is 29.7 Å². The Morgan fingerprint density at radius 3 is 1.92 bits per heavy atom. The summed E-state index contributed by atoms with van der Waals surface area (Å²) in [6, 6.07) is 0.371. The fourth-order valence-electron chi connectivity index (χ4n) is 3.42. The summed E-state index contributed by atoms with van der Waals surface area (Å²) in [5.41, 5.74) is 6.35. The number of phenols is 1. The van der Waals surface area contributed by atoms with Crippen molar-refractivity contribution in [2.75, 3.05) is 0 Å². The maximum atomic E-state index is 13.0. The maximum absolute atomic E-state index is 13.0. The van der Waals surface area contributed by atoms with Crippen molar-refractivity contribution in [1.82, 2.24) is 16.0 Å². The van der Waals surface area contributed by atoms with E-state index in [1.165, 1.54) is 31.2 Å². The first-order valence-electron chi connectivity index (χ1n) is 11.8. The van der Waals surface area contributed by atoms with Gasteiger partial charge in [0.25, 0.3) is 0 Å². The molecule has 0 aliphatic carbocycles. The molecule has 0 aromatic heterocycles. The molecule has 3 amide bonds. The number of benzene rings is 1. The van der Waals surface area contributed by atoms with Crippen molar-refractivity contribution in [2.24, 2.45) is 11.7 Å². The van der Waals surface area contributed by atoms with Crippen LogP contribution in [-0.2, 0) is 30.4 Å².